The monoisotopic (exact) mass is 594 g/mol. The second-order valence-corrected chi connectivity index (χ2v) is 12.2. The number of fused-ring (bicyclic) bond motifs is 4. The number of nitrogens with zero attached hydrogens (tertiary/aromatic N) is 2. The predicted octanol–water partition coefficient (Wildman–Crippen LogP) is 6.24. The van der Waals surface area contributed by atoms with Crippen molar-refractivity contribution in [3.05, 3.63) is 83.2 Å². The molecule has 1 aromatic heterocycles. The molecule has 4 atom stereocenters. The van der Waals surface area contributed by atoms with Gasteiger partial charge in [-0.25, -0.2) is 0 Å². The number of amides is 2. The van der Waals surface area contributed by atoms with E-state index in [0.29, 0.717) is 51.7 Å². The minimum Gasteiger partial charge on any atom is -0.507 e. The van der Waals surface area contributed by atoms with Gasteiger partial charge in [-0.15, -0.1) is 0 Å². The van der Waals surface area contributed by atoms with Gasteiger partial charge >= 0.3 is 5.97 Å². The van der Waals surface area contributed by atoms with Crippen LogP contribution >= 0.6 is 0 Å². The van der Waals surface area contributed by atoms with E-state index >= 15 is 0 Å². The van der Waals surface area contributed by atoms with E-state index in [-0.39, 0.29) is 47.8 Å². The molecule has 2 amide bonds. The summed E-state index contributed by atoms with van der Waals surface area (Å²) in [6.45, 7) is 2.85. The maximum Gasteiger partial charge on any atom is 0.303 e. The standard InChI is InChI=1S/C36H38N2O6/c1-22-19-27-34(36(43)38(35(27)42)18-8-2-3-12-32(40)41)28-21-44-31(33(22)28)16-14-24(29-11-6-7-17-37-29)20-23-13-15-30(39)26-10-5-4-9-25(23)26/h4-7,9-11,13,15,17,20,27-28,31,34,39H,2-3,8,12,14,16,18-19,21H2,1H3,(H,40,41)/b24-20-/t27-,28+,31-,34-/m1/s1. The van der Waals surface area contributed by atoms with Gasteiger partial charge in [0.1, 0.15) is 5.75 Å². The van der Waals surface area contributed by atoms with E-state index in [1.807, 2.05) is 48.5 Å². The zero-order valence-electron chi connectivity index (χ0n) is 24.9. The number of rotatable bonds is 11. The first kappa shape index (κ1) is 29.8. The second-order valence-electron chi connectivity index (χ2n) is 12.2. The third-order valence-electron chi connectivity index (χ3n) is 9.45. The van der Waals surface area contributed by atoms with Gasteiger partial charge in [-0.3, -0.25) is 24.3 Å². The fourth-order valence-electron chi connectivity index (χ4n) is 7.37. The molecule has 0 unspecified atom stereocenters. The van der Waals surface area contributed by atoms with Crippen molar-refractivity contribution in [2.75, 3.05) is 13.2 Å². The average molecular weight is 595 g/mol. The molecule has 2 aromatic carbocycles. The number of carboxylic acid groups (broad SMARTS) is 1. The highest BCUT2D eigenvalue weighted by Gasteiger charge is 2.56. The molecule has 0 saturated carbocycles. The van der Waals surface area contributed by atoms with Crippen LogP contribution in [0.15, 0.2) is 71.9 Å². The smallest absolute Gasteiger partial charge is 0.303 e. The van der Waals surface area contributed by atoms with E-state index in [1.54, 1.807) is 12.3 Å². The Bertz CT molecular complexity index is 1640. The Morgan fingerprint density at radius 1 is 0.977 bits per heavy atom. The van der Waals surface area contributed by atoms with Crippen LogP contribution in [0.25, 0.3) is 22.4 Å². The number of hydrogen-bond donors (Lipinski definition) is 2. The molecule has 0 spiro atoms. The zero-order chi connectivity index (χ0) is 30.8. The number of hydrogen-bond acceptors (Lipinski definition) is 6. The van der Waals surface area contributed by atoms with Crippen LogP contribution < -0.4 is 0 Å². The molecule has 1 aliphatic carbocycles. The number of likely N-dealkylation sites (tertiary alicyclic amines) is 1. The predicted molar refractivity (Wildman–Crippen MR) is 167 cm³/mol. The van der Waals surface area contributed by atoms with Crippen molar-refractivity contribution in [3.8, 4) is 5.75 Å². The van der Waals surface area contributed by atoms with Gasteiger partial charge < -0.3 is 14.9 Å². The van der Waals surface area contributed by atoms with Crippen molar-refractivity contribution in [2.24, 2.45) is 17.8 Å². The van der Waals surface area contributed by atoms with E-state index in [0.717, 1.165) is 33.2 Å². The van der Waals surface area contributed by atoms with Crippen LogP contribution in [-0.2, 0) is 19.1 Å². The molecule has 2 saturated heterocycles. The van der Waals surface area contributed by atoms with Gasteiger partial charge in [0.25, 0.3) is 0 Å². The number of ether oxygens (including phenoxy) is 1. The van der Waals surface area contributed by atoms with Crippen LogP contribution in [0.2, 0.25) is 0 Å². The molecule has 228 valence electrons. The number of pyridine rings is 1. The van der Waals surface area contributed by atoms with Gasteiger partial charge in [0.15, 0.2) is 0 Å². The van der Waals surface area contributed by atoms with Crippen LogP contribution in [0.4, 0.5) is 0 Å². The van der Waals surface area contributed by atoms with E-state index in [9.17, 15) is 19.5 Å². The molecule has 0 bridgehead atoms. The number of allylic oxidation sites excluding steroid dienone is 2. The van der Waals surface area contributed by atoms with Gasteiger partial charge in [0.05, 0.1) is 30.2 Å². The Balaban J connectivity index is 1.20. The van der Waals surface area contributed by atoms with Crippen molar-refractivity contribution in [1.29, 1.82) is 0 Å². The fourth-order valence-corrected chi connectivity index (χ4v) is 7.37. The maximum absolute atomic E-state index is 13.6. The first-order valence-corrected chi connectivity index (χ1v) is 15.5. The number of carbonyl (C=O) groups excluding carboxylic acids is 2. The summed E-state index contributed by atoms with van der Waals surface area (Å²) in [5, 5.41) is 21.0. The fraction of sp³-hybridized carbons (Fsp3) is 0.389. The molecule has 3 heterocycles. The van der Waals surface area contributed by atoms with Gasteiger partial charge in [-0.1, -0.05) is 48.4 Å². The van der Waals surface area contributed by atoms with E-state index in [4.69, 9.17) is 9.84 Å². The van der Waals surface area contributed by atoms with Gasteiger partial charge in [0, 0.05) is 30.5 Å². The number of aromatic hydroxyl groups is 1. The van der Waals surface area contributed by atoms with Crippen molar-refractivity contribution in [3.63, 3.8) is 0 Å². The van der Waals surface area contributed by atoms with E-state index in [1.165, 1.54) is 10.5 Å². The van der Waals surface area contributed by atoms with Gasteiger partial charge in [-0.05, 0) is 85.4 Å². The molecule has 2 aliphatic heterocycles. The third kappa shape index (κ3) is 5.78. The summed E-state index contributed by atoms with van der Waals surface area (Å²) in [6, 6.07) is 17.3. The number of phenolic OH excluding ortho intramolecular Hbond substituents is 1. The Labute approximate surface area is 257 Å². The summed E-state index contributed by atoms with van der Waals surface area (Å²) in [5.41, 5.74) is 5.26. The number of carbonyl (C=O) groups is 3. The lowest BCUT2D eigenvalue weighted by Crippen LogP contribution is -2.34. The Kier molecular flexibility index (Phi) is 8.62. The lowest BCUT2D eigenvalue weighted by molar-refractivity contribution is -0.141. The highest BCUT2D eigenvalue weighted by Crippen LogP contribution is 2.50. The normalized spacial score (nSPS) is 23.4. The molecule has 8 heteroatoms. The quantitative estimate of drug-likeness (QED) is 0.153. The minimum absolute atomic E-state index is 0.0958. The SMILES string of the molecule is CC1=C2[C@@H](CC/C(=C/c3ccc(O)c4ccccc34)c3ccccn3)OC[C@@H]2[C@@H]2C(=O)N(CCCCCC(=O)O)C(=O)[C@@H]2C1. The number of unbranched alkanes of at least 4 members (excludes halogenated alkanes) is 2. The van der Waals surface area contributed by atoms with E-state index in [2.05, 4.69) is 18.0 Å². The van der Waals surface area contributed by atoms with Crippen LogP contribution in [0.1, 0.15) is 63.1 Å². The molecule has 6 rings (SSSR count). The summed E-state index contributed by atoms with van der Waals surface area (Å²) in [4.78, 5) is 43.7. The van der Waals surface area contributed by atoms with Gasteiger partial charge in [0.2, 0.25) is 11.8 Å². The van der Waals surface area contributed by atoms with Crippen LogP contribution in [-0.4, -0.2) is 57.1 Å². The second kappa shape index (κ2) is 12.7. The average Bonchev–Trinajstić information content (AvgIpc) is 3.55. The first-order chi connectivity index (χ1) is 21.3. The number of phenols is 1. The first-order valence-electron chi connectivity index (χ1n) is 15.5. The molecule has 3 aromatic rings. The largest absolute Gasteiger partial charge is 0.507 e. The Hall–Kier alpha value is -4.30. The van der Waals surface area contributed by atoms with E-state index < -0.39 is 5.97 Å². The van der Waals surface area contributed by atoms with Crippen molar-refractivity contribution < 1.29 is 29.3 Å². The van der Waals surface area contributed by atoms with Crippen LogP contribution in [0.3, 0.4) is 0 Å². The zero-order valence-corrected chi connectivity index (χ0v) is 24.9. The number of imide groups is 1. The number of aromatic nitrogens is 1. The summed E-state index contributed by atoms with van der Waals surface area (Å²) >= 11 is 0. The summed E-state index contributed by atoms with van der Waals surface area (Å²) in [5.74, 6) is -1.62. The number of aliphatic carboxylic acids is 1. The summed E-state index contributed by atoms with van der Waals surface area (Å²) < 4.78 is 6.38. The highest BCUT2D eigenvalue weighted by atomic mass is 16.5. The van der Waals surface area contributed by atoms with Gasteiger partial charge in [-0.2, -0.15) is 0 Å². The molecular weight excluding hydrogens is 556 g/mol. The lowest BCUT2D eigenvalue weighted by atomic mass is 9.70. The molecule has 44 heavy (non-hydrogen) atoms. The number of carboxylic acids is 1. The topological polar surface area (TPSA) is 117 Å². The number of benzene rings is 2. The molecule has 3 aliphatic rings. The Morgan fingerprint density at radius 3 is 2.55 bits per heavy atom. The third-order valence-corrected chi connectivity index (χ3v) is 9.45. The molecule has 2 fully saturated rings. The minimum atomic E-state index is -0.828. The van der Waals surface area contributed by atoms with Crippen LogP contribution in [0, 0.1) is 17.8 Å². The molecule has 8 nitrogen and oxygen atoms in total. The van der Waals surface area contributed by atoms with Crippen molar-refractivity contribution in [1.82, 2.24) is 9.88 Å². The van der Waals surface area contributed by atoms with Crippen molar-refractivity contribution in [2.45, 2.75) is 58.0 Å². The molecule has 2 N–H and O–H groups in total. The maximum atomic E-state index is 13.6. The highest BCUT2D eigenvalue weighted by molar-refractivity contribution is 6.06. The summed E-state index contributed by atoms with van der Waals surface area (Å²) in [6.07, 6.45) is 7.70. The molecule has 0 radical (unpaired) electrons. The summed E-state index contributed by atoms with van der Waals surface area (Å²) in [7, 11) is 0. The van der Waals surface area contributed by atoms with Crippen LogP contribution in [0.5, 0.6) is 5.75 Å². The Morgan fingerprint density at radius 2 is 1.77 bits per heavy atom. The lowest BCUT2D eigenvalue weighted by Gasteiger charge is -2.30. The van der Waals surface area contributed by atoms with Crippen molar-refractivity contribution >= 4 is 40.2 Å². The molecular formula is C36H38N2O6.